The third-order valence-corrected chi connectivity index (χ3v) is 5.90. The van der Waals surface area contributed by atoms with Crippen molar-refractivity contribution in [2.24, 2.45) is 17.3 Å². The van der Waals surface area contributed by atoms with Crippen LogP contribution in [0.4, 0.5) is 4.79 Å². The predicted octanol–water partition coefficient (Wildman–Crippen LogP) is 5.25. The molecule has 2 fully saturated rings. The number of hydrogen-bond acceptors (Lipinski definition) is 5. The van der Waals surface area contributed by atoms with Crippen LogP contribution < -0.4 is 0 Å². The van der Waals surface area contributed by atoms with Crippen LogP contribution >= 0.6 is 0 Å². The maximum atomic E-state index is 12.5. The molecule has 0 spiro atoms. The zero-order chi connectivity index (χ0) is 19.5. The van der Waals surface area contributed by atoms with E-state index in [0.717, 1.165) is 44.9 Å². The van der Waals surface area contributed by atoms with Crippen molar-refractivity contribution in [3.8, 4) is 0 Å². The highest BCUT2D eigenvalue weighted by molar-refractivity contribution is 5.76. The van der Waals surface area contributed by atoms with Crippen LogP contribution in [0.5, 0.6) is 0 Å². The summed E-state index contributed by atoms with van der Waals surface area (Å²) < 4.78 is 16.9. The molecule has 0 aliphatic heterocycles. The summed E-state index contributed by atoms with van der Waals surface area (Å²) in [6.45, 7) is 11.4. The van der Waals surface area contributed by atoms with Crippen molar-refractivity contribution in [2.45, 2.75) is 104 Å². The fourth-order valence-corrected chi connectivity index (χ4v) is 4.00. The standard InChI is InChI=1S/C21H36O5/c1-7-21(5,6)18(22)24-16-12-13-17(15-11-9-8-10-14(15)16)25-19(23)26-20(2,3)4/h14-17H,7-13H2,1-6H3. The fraction of sp³-hybridized carbons (Fsp3) is 0.905. The number of ether oxygens (including phenoxy) is 3. The molecule has 0 N–H and O–H groups in total. The molecule has 5 heteroatoms. The minimum absolute atomic E-state index is 0.0582. The molecule has 2 aliphatic carbocycles. The van der Waals surface area contributed by atoms with Crippen LogP contribution in [-0.2, 0) is 19.0 Å². The molecule has 0 radical (unpaired) electrons. The van der Waals surface area contributed by atoms with Crippen LogP contribution in [-0.4, -0.2) is 29.9 Å². The lowest BCUT2D eigenvalue weighted by atomic mass is 9.68. The summed E-state index contributed by atoms with van der Waals surface area (Å²) in [5.41, 5.74) is -1.00. The van der Waals surface area contributed by atoms with Gasteiger partial charge in [-0.05, 0) is 66.7 Å². The van der Waals surface area contributed by atoms with E-state index in [0.29, 0.717) is 0 Å². The second kappa shape index (κ2) is 8.18. The van der Waals surface area contributed by atoms with Crippen molar-refractivity contribution in [3.05, 3.63) is 0 Å². The molecule has 5 nitrogen and oxygen atoms in total. The number of rotatable bonds is 4. The Morgan fingerprint density at radius 2 is 1.35 bits per heavy atom. The van der Waals surface area contributed by atoms with Crippen molar-refractivity contribution in [2.75, 3.05) is 0 Å². The van der Waals surface area contributed by atoms with E-state index < -0.39 is 17.2 Å². The highest BCUT2D eigenvalue weighted by atomic mass is 16.7. The highest BCUT2D eigenvalue weighted by Gasteiger charge is 2.45. The zero-order valence-electron chi connectivity index (χ0n) is 17.3. The Bertz CT molecular complexity index is 505. The Labute approximate surface area is 158 Å². The summed E-state index contributed by atoms with van der Waals surface area (Å²) in [6, 6.07) is 0. The molecule has 0 amide bonds. The quantitative estimate of drug-likeness (QED) is 0.634. The Hall–Kier alpha value is -1.26. The molecule has 4 atom stereocenters. The normalized spacial score (nSPS) is 29.5. The summed E-state index contributed by atoms with van der Waals surface area (Å²) in [6.07, 6.45) is 5.78. The number of fused-ring (bicyclic) bond motifs is 1. The second-order valence-electron chi connectivity index (χ2n) is 9.49. The highest BCUT2D eigenvalue weighted by Crippen LogP contribution is 2.44. The molecule has 2 aliphatic rings. The van der Waals surface area contributed by atoms with Crippen LogP contribution in [0.2, 0.25) is 0 Å². The molecule has 0 saturated heterocycles. The van der Waals surface area contributed by atoms with Gasteiger partial charge >= 0.3 is 12.1 Å². The lowest BCUT2D eigenvalue weighted by molar-refractivity contribution is -0.172. The number of esters is 1. The topological polar surface area (TPSA) is 61.8 Å². The molecular formula is C21H36O5. The summed E-state index contributed by atoms with van der Waals surface area (Å²) >= 11 is 0. The lowest BCUT2D eigenvalue weighted by Crippen LogP contribution is -2.47. The second-order valence-corrected chi connectivity index (χ2v) is 9.49. The van der Waals surface area contributed by atoms with Crippen LogP contribution in [0, 0.1) is 17.3 Å². The first-order valence-electron chi connectivity index (χ1n) is 10.1. The van der Waals surface area contributed by atoms with Crippen LogP contribution in [0.3, 0.4) is 0 Å². The summed E-state index contributed by atoms with van der Waals surface area (Å²) in [5.74, 6) is 0.426. The molecule has 0 bridgehead atoms. The van der Waals surface area contributed by atoms with E-state index in [1.165, 1.54) is 0 Å². The van der Waals surface area contributed by atoms with Gasteiger partial charge in [-0.3, -0.25) is 4.79 Å². The van der Waals surface area contributed by atoms with E-state index in [2.05, 4.69) is 0 Å². The monoisotopic (exact) mass is 368 g/mol. The minimum Gasteiger partial charge on any atom is -0.462 e. The van der Waals surface area contributed by atoms with Gasteiger partial charge in [-0.1, -0.05) is 19.8 Å². The molecule has 0 aromatic carbocycles. The average molecular weight is 369 g/mol. The smallest absolute Gasteiger partial charge is 0.462 e. The Balaban J connectivity index is 2.02. The van der Waals surface area contributed by atoms with Gasteiger partial charge in [0.15, 0.2) is 0 Å². The van der Waals surface area contributed by atoms with E-state index in [9.17, 15) is 9.59 Å². The summed E-state index contributed by atoms with van der Waals surface area (Å²) in [4.78, 5) is 24.6. The maximum Gasteiger partial charge on any atom is 0.509 e. The van der Waals surface area contributed by atoms with Crippen LogP contribution in [0.25, 0.3) is 0 Å². The van der Waals surface area contributed by atoms with Gasteiger partial charge in [0.2, 0.25) is 0 Å². The minimum atomic E-state index is -0.589. The number of carbonyl (C=O) groups is 2. The van der Waals surface area contributed by atoms with Gasteiger partial charge in [0.25, 0.3) is 0 Å². The van der Waals surface area contributed by atoms with E-state index in [-0.39, 0.29) is 30.0 Å². The number of hydrogen-bond donors (Lipinski definition) is 0. The molecule has 2 rings (SSSR count). The number of carbonyl (C=O) groups excluding carboxylic acids is 2. The first kappa shape index (κ1) is 21.0. The van der Waals surface area contributed by atoms with Gasteiger partial charge in [-0.25, -0.2) is 4.79 Å². The molecule has 2 saturated carbocycles. The molecule has 150 valence electrons. The van der Waals surface area contributed by atoms with Gasteiger partial charge in [-0.15, -0.1) is 0 Å². The van der Waals surface area contributed by atoms with E-state index in [4.69, 9.17) is 14.2 Å². The molecule has 0 heterocycles. The van der Waals surface area contributed by atoms with E-state index in [1.807, 2.05) is 41.5 Å². The van der Waals surface area contributed by atoms with Crippen LogP contribution in [0.15, 0.2) is 0 Å². The van der Waals surface area contributed by atoms with Gasteiger partial charge in [0, 0.05) is 11.8 Å². The van der Waals surface area contributed by atoms with Gasteiger partial charge in [-0.2, -0.15) is 0 Å². The van der Waals surface area contributed by atoms with Crippen molar-refractivity contribution >= 4 is 12.1 Å². The first-order chi connectivity index (χ1) is 12.0. The molecule has 26 heavy (non-hydrogen) atoms. The molecule has 0 aromatic rings. The molecule has 4 unspecified atom stereocenters. The van der Waals surface area contributed by atoms with E-state index >= 15 is 0 Å². The third kappa shape index (κ3) is 5.37. The van der Waals surface area contributed by atoms with Gasteiger partial charge in [0.05, 0.1) is 5.41 Å². The first-order valence-corrected chi connectivity index (χ1v) is 10.1. The Morgan fingerprint density at radius 3 is 1.81 bits per heavy atom. The molecule has 0 aromatic heterocycles. The van der Waals surface area contributed by atoms with Crippen LogP contribution in [0.1, 0.15) is 86.5 Å². The van der Waals surface area contributed by atoms with Crippen molar-refractivity contribution in [1.29, 1.82) is 0 Å². The lowest BCUT2D eigenvalue weighted by Gasteiger charge is -2.45. The SMILES string of the molecule is CCC(C)(C)C(=O)OC1CCC(OC(=O)OC(C)(C)C)C2CCCCC12. The molecular weight excluding hydrogens is 332 g/mol. The Morgan fingerprint density at radius 1 is 0.846 bits per heavy atom. The van der Waals surface area contributed by atoms with Crippen molar-refractivity contribution in [3.63, 3.8) is 0 Å². The Kier molecular flexibility index (Phi) is 6.62. The largest absolute Gasteiger partial charge is 0.509 e. The van der Waals surface area contributed by atoms with Gasteiger partial charge < -0.3 is 14.2 Å². The third-order valence-electron chi connectivity index (χ3n) is 5.90. The predicted molar refractivity (Wildman–Crippen MR) is 99.7 cm³/mol. The van der Waals surface area contributed by atoms with Crippen molar-refractivity contribution < 1.29 is 23.8 Å². The zero-order valence-corrected chi connectivity index (χ0v) is 17.3. The summed E-state index contributed by atoms with van der Waals surface area (Å²) in [5, 5.41) is 0. The maximum absolute atomic E-state index is 12.5. The van der Waals surface area contributed by atoms with Gasteiger partial charge in [0.1, 0.15) is 17.8 Å². The summed E-state index contributed by atoms with van der Waals surface area (Å²) in [7, 11) is 0. The average Bonchev–Trinajstić information content (AvgIpc) is 2.55. The van der Waals surface area contributed by atoms with Crippen molar-refractivity contribution in [1.82, 2.24) is 0 Å². The fourth-order valence-electron chi connectivity index (χ4n) is 4.00. The van der Waals surface area contributed by atoms with E-state index in [1.54, 1.807) is 0 Å².